The summed E-state index contributed by atoms with van der Waals surface area (Å²) >= 11 is 7.90. The number of hydrogen-bond acceptors (Lipinski definition) is 3. The average Bonchev–Trinajstić information content (AvgIpc) is 2.91. The molecule has 0 aliphatic heterocycles. The van der Waals surface area contributed by atoms with Crippen LogP contribution < -0.4 is 0 Å². The van der Waals surface area contributed by atoms with Crippen LogP contribution in [0.3, 0.4) is 0 Å². The highest BCUT2D eigenvalue weighted by molar-refractivity contribution is 14.1. The molecule has 1 fully saturated rings. The van der Waals surface area contributed by atoms with E-state index in [-0.39, 0.29) is 24.4 Å². The first kappa shape index (κ1) is 16.0. The van der Waals surface area contributed by atoms with Gasteiger partial charge in [-0.1, -0.05) is 0 Å². The molecule has 0 saturated heterocycles. The van der Waals surface area contributed by atoms with Gasteiger partial charge in [0.1, 0.15) is 5.88 Å². The molecule has 0 atom stereocenters. The number of rotatable bonds is 5. The topological polar surface area (TPSA) is 58.4 Å². The SMILES string of the molecule is O=C(CCl)N(CCO)C1CCC(n2cc(I)cn2)CC1. The summed E-state index contributed by atoms with van der Waals surface area (Å²) in [5.74, 6) is -0.102. The molecule has 0 spiro atoms. The highest BCUT2D eigenvalue weighted by atomic mass is 127. The van der Waals surface area contributed by atoms with Crippen LogP contribution in [0.15, 0.2) is 12.4 Å². The lowest BCUT2D eigenvalue weighted by atomic mass is 9.90. The molecule has 1 heterocycles. The summed E-state index contributed by atoms with van der Waals surface area (Å²) in [6.45, 7) is 0.362. The van der Waals surface area contributed by atoms with Gasteiger partial charge in [-0.05, 0) is 48.3 Å². The van der Waals surface area contributed by atoms with Gasteiger partial charge in [0.15, 0.2) is 0 Å². The first-order valence-electron chi connectivity index (χ1n) is 6.81. The second-order valence-corrected chi connectivity index (χ2v) is 6.56. The summed E-state index contributed by atoms with van der Waals surface area (Å²) in [5.41, 5.74) is 0. The van der Waals surface area contributed by atoms with Crippen LogP contribution in [0, 0.1) is 3.57 Å². The van der Waals surface area contributed by atoms with Crippen molar-refractivity contribution < 1.29 is 9.90 Å². The van der Waals surface area contributed by atoms with Crippen molar-refractivity contribution in [2.75, 3.05) is 19.0 Å². The Labute approximate surface area is 137 Å². The second kappa shape index (κ2) is 7.61. The van der Waals surface area contributed by atoms with Crippen LogP contribution in [-0.2, 0) is 4.79 Å². The standard InChI is InChI=1S/C13H19ClIN3O2/c14-7-13(20)17(5-6-19)11-1-3-12(4-2-11)18-9-10(15)8-16-18/h8-9,11-12,19H,1-7H2. The first-order valence-corrected chi connectivity index (χ1v) is 8.43. The Morgan fingerprint density at radius 3 is 2.70 bits per heavy atom. The Bertz CT molecular complexity index is 447. The minimum atomic E-state index is -0.0854. The third kappa shape index (κ3) is 3.85. The van der Waals surface area contributed by atoms with Crippen LogP contribution in [-0.4, -0.2) is 50.8 Å². The molecule has 112 valence electrons. The minimum Gasteiger partial charge on any atom is -0.395 e. The molecule has 7 heteroatoms. The van der Waals surface area contributed by atoms with Crippen molar-refractivity contribution in [3.05, 3.63) is 16.0 Å². The van der Waals surface area contributed by atoms with Gasteiger partial charge in [-0.2, -0.15) is 5.10 Å². The maximum atomic E-state index is 11.8. The van der Waals surface area contributed by atoms with Gasteiger partial charge < -0.3 is 10.0 Å². The zero-order chi connectivity index (χ0) is 14.5. The quantitative estimate of drug-likeness (QED) is 0.596. The first-order chi connectivity index (χ1) is 9.65. The summed E-state index contributed by atoms with van der Waals surface area (Å²) in [7, 11) is 0. The molecule has 20 heavy (non-hydrogen) atoms. The van der Waals surface area contributed by atoms with Gasteiger partial charge >= 0.3 is 0 Å². The van der Waals surface area contributed by atoms with E-state index in [0.717, 1.165) is 29.3 Å². The predicted molar refractivity (Wildman–Crippen MR) is 85.8 cm³/mol. The van der Waals surface area contributed by atoms with E-state index in [9.17, 15) is 4.79 Å². The second-order valence-electron chi connectivity index (χ2n) is 5.05. The van der Waals surface area contributed by atoms with E-state index >= 15 is 0 Å². The molecule has 0 unspecified atom stereocenters. The Kier molecular flexibility index (Phi) is 6.10. The number of aromatic nitrogens is 2. The van der Waals surface area contributed by atoms with E-state index in [1.165, 1.54) is 0 Å². The van der Waals surface area contributed by atoms with Gasteiger partial charge in [0.2, 0.25) is 5.91 Å². The van der Waals surface area contributed by atoms with Crippen LogP contribution in [0.2, 0.25) is 0 Å². The summed E-state index contributed by atoms with van der Waals surface area (Å²) < 4.78 is 3.17. The van der Waals surface area contributed by atoms with Crippen LogP contribution in [0.5, 0.6) is 0 Å². The number of alkyl halides is 1. The summed E-state index contributed by atoms with van der Waals surface area (Å²) in [6.07, 6.45) is 7.79. The number of nitrogens with zero attached hydrogens (tertiary/aromatic N) is 3. The van der Waals surface area contributed by atoms with Gasteiger partial charge in [-0.25, -0.2) is 0 Å². The number of halogens is 2. The van der Waals surface area contributed by atoms with Crippen LogP contribution in [0.4, 0.5) is 0 Å². The van der Waals surface area contributed by atoms with Crippen LogP contribution in [0.25, 0.3) is 0 Å². The molecular weight excluding hydrogens is 393 g/mol. The lowest BCUT2D eigenvalue weighted by molar-refractivity contribution is -0.132. The van der Waals surface area contributed by atoms with Gasteiger partial charge in [0.05, 0.1) is 22.4 Å². The fraction of sp³-hybridized carbons (Fsp3) is 0.692. The largest absolute Gasteiger partial charge is 0.395 e. The molecule has 1 amide bonds. The molecule has 1 aliphatic rings. The van der Waals surface area contributed by atoms with Crippen LogP contribution >= 0.6 is 34.2 Å². The van der Waals surface area contributed by atoms with E-state index < -0.39 is 0 Å². The number of carbonyl (C=O) groups is 1. The number of carbonyl (C=O) groups excluding carboxylic acids is 1. The molecule has 1 aliphatic carbocycles. The molecule has 1 aromatic heterocycles. The van der Waals surface area contributed by atoms with Crippen molar-refractivity contribution in [1.29, 1.82) is 0 Å². The van der Waals surface area contributed by atoms with Crippen molar-refractivity contribution in [3.63, 3.8) is 0 Å². The van der Waals surface area contributed by atoms with Gasteiger partial charge in [0.25, 0.3) is 0 Å². The molecule has 0 bridgehead atoms. The Morgan fingerprint density at radius 1 is 1.50 bits per heavy atom. The van der Waals surface area contributed by atoms with E-state index in [1.807, 2.05) is 10.9 Å². The molecule has 1 saturated carbocycles. The van der Waals surface area contributed by atoms with Crippen molar-refractivity contribution in [3.8, 4) is 0 Å². The molecular formula is C13H19ClIN3O2. The van der Waals surface area contributed by atoms with Crippen molar-refractivity contribution in [1.82, 2.24) is 14.7 Å². The lowest BCUT2D eigenvalue weighted by Gasteiger charge is -2.36. The van der Waals surface area contributed by atoms with Crippen LogP contribution in [0.1, 0.15) is 31.7 Å². The fourth-order valence-corrected chi connectivity index (χ4v) is 3.41. The molecule has 5 nitrogen and oxygen atoms in total. The zero-order valence-electron chi connectivity index (χ0n) is 11.2. The average molecular weight is 412 g/mol. The maximum Gasteiger partial charge on any atom is 0.237 e. The predicted octanol–water partition coefficient (Wildman–Crippen LogP) is 2.03. The smallest absolute Gasteiger partial charge is 0.237 e. The summed E-state index contributed by atoms with van der Waals surface area (Å²) in [6, 6.07) is 0.608. The number of aliphatic hydroxyl groups excluding tert-OH is 1. The normalized spacial score (nSPS) is 22.8. The fourth-order valence-electron chi connectivity index (χ4n) is 2.84. The summed E-state index contributed by atoms with van der Waals surface area (Å²) in [4.78, 5) is 13.6. The molecule has 1 N–H and O–H groups in total. The third-order valence-corrected chi connectivity index (χ3v) is 4.61. The highest BCUT2D eigenvalue weighted by Gasteiger charge is 2.29. The third-order valence-electron chi connectivity index (χ3n) is 3.83. The van der Waals surface area contributed by atoms with Gasteiger partial charge in [-0.3, -0.25) is 9.48 Å². The monoisotopic (exact) mass is 411 g/mol. The van der Waals surface area contributed by atoms with Crippen molar-refractivity contribution >= 4 is 40.1 Å². The maximum absolute atomic E-state index is 11.8. The van der Waals surface area contributed by atoms with E-state index in [0.29, 0.717) is 12.6 Å². The van der Waals surface area contributed by atoms with Crippen molar-refractivity contribution in [2.24, 2.45) is 0 Å². The Hall–Kier alpha value is -0.340. The van der Waals surface area contributed by atoms with E-state index in [2.05, 4.69) is 33.9 Å². The molecule has 0 radical (unpaired) electrons. The number of aliphatic hydroxyl groups is 1. The molecule has 1 aromatic rings. The van der Waals surface area contributed by atoms with E-state index in [1.54, 1.807) is 4.90 Å². The number of hydrogen-bond donors (Lipinski definition) is 1. The Morgan fingerprint density at radius 2 is 2.20 bits per heavy atom. The van der Waals surface area contributed by atoms with Crippen molar-refractivity contribution in [2.45, 2.75) is 37.8 Å². The number of amides is 1. The minimum absolute atomic E-state index is 0.0140. The zero-order valence-corrected chi connectivity index (χ0v) is 14.1. The molecule has 0 aromatic carbocycles. The summed E-state index contributed by atoms with van der Waals surface area (Å²) in [5, 5.41) is 13.5. The van der Waals surface area contributed by atoms with Gasteiger partial charge in [-0.15, -0.1) is 11.6 Å². The Balaban J connectivity index is 1.93. The molecule has 2 rings (SSSR count). The lowest BCUT2D eigenvalue weighted by Crippen LogP contribution is -2.44. The highest BCUT2D eigenvalue weighted by Crippen LogP contribution is 2.31. The van der Waals surface area contributed by atoms with E-state index in [4.69, 9.17) is 16.7 Å². The van der Waals surface area contributed by atoms with Gasteiger partial charge in [0, 0.05) is 18.8 Å².